The lowest BCUT2D eigenvalue weighted by Gasteiger charge is -2.25. The Bertz CT molecular complexity index is 643. The predicted octanol–water partition coefficient (Wildman–Crippen LogP) is 2.63. The molecule has 1 aromatic carbocycles. The highest BCUT2D eigenvalue weighted by Crippen LogP contribution is 2.29. The molecule has 0 spiro atoms. The Balaban J connectivity index is 1.46. The Hall–Kier alpha value is -2.24. The maximum atomic E-state index is 12.4. The van der Waals surface area contributed by atoms with Gasteiger partial charge in [-0.05, 0) is 30.5 Å². The van der Waals surface area contributed by atoms with Gasteiger partial charge in [0.15, 0.2) is 0 Å². The molecular weight excluding hydrogens is 330 g/mol. The Morgan fingerprint density at radius 1 is 1.35 bits per heavy atom. The number of hydrogen-bond acceptors (Lipinski definition) is 3. The summed E-state index contributed by atoms with van der Waals surface area (Å²) >= 11 is 0. The van der Waals surface area contributed by atoms with E-state index < -0.39 is 0 Å². The van der Waals surface area contributed by atoms with Gasteiger partial charge in [0.1, 0.15) is 5.75 Å². The SMILES string of the molecule is COc1cccc(CNC(=O)N(C)C[C@H]2CC(=O)N(C3CCCC3)C2)c1. The largest absolute Gasteiger partial charge is 0.497 e. The zero-order chi connectivity index (χ0) is 18.5. The van der Waals surface area contributed by atoms with E-state index in [1.165, 1.54) is 12.8 Å². The molecule has 1 aliphatic carbocycles. The maximum Gasteiger partial charge on any atom is 0.317 e. The normalized spacial score (nSPS) is 20.5. The van der Waals surface area contributed by atoms with E-state index in [1.54, 1.807) is 19.1 Å². The van der Waals surface area contributed by atoms with Gasteiger partial charge in [0.2, 0.25) is 5.91 Å². The fourth-order valence-corrected chi connectivity index (χ4v) is 4.06. The van der Waals surface area contributed by atoms with Gasteiger partial charge >= 0.3 is 6.03 Å². The second kappa shape index (κ2) is 8.43. The topological polar surface area (TPSA) is 61.9 Å². The van der Waals surface area contributed by atoms with Crippen LogP contribution in [0, 0.1) is 5.92 Å². The van der Waals surface area contributed by atoms with E-state index in [0.29, 0.717) is 25.6 Å². The lowest BCUT2D eigenvalue weighted by atomic mass is 10.1. The van der Waals surface area contributed by atoms with Crippen molar-refractivity contribution in [1.29, 1.82) is 0 Å². The average molecular weight is 359 g/mol. The maximum absolute atomic E-state index is 12.4. The van der Waals surface area contributed by atoms with Gasteiger partial charge < -0.3 is 19.9 Å². The van der Waals surface area contributed by atoms with Crippen LogP contribution in [0.15, 0.2) is 24.3 Å². The van der Waals surface area contributed by atoms with Gasteiger partial charge in [0.05, 0.1) is 7.11 Å². The molecule has 1 saturated carbocycles. The summed E-state index contributed by atoms with van der Waals surface area (Å²) in [6.07, 6.45) is 5.28. The van der Waals surface area contributed by atoms with Crippen LogP contribution in [-0.4, -0.2) is 55.0 Å². The summed E-state index contributed by atoms with van der Waals surface area (Å²) < 4.78 is 5.20. The van der Waals surface area contributed by atoms with Gasteiger partial charge in [0.25, 0.3) is 0 Å². The van der Waals surface area contributed by atoms with Crippen LogP contribution in [0.5, 0.6) is 5.75 Å². The van der Waals surface area contributed by atoms with Crippen LogP contribution in [0.2, 0.25) is 0 Å². The summed E-state index contributed by atoms with van der Waals surface area (Å²) in [5.74, 6) is 1.27. The van der Waals surface area contributed by atoms with Gasteiger partial charge in [-0.3, -0.25) is 4.79 Å². The molecule has 0 bridgehead atoms. The van der Waals surface area contributed by atoms with Crippen LogP contribution in [0.25, 0.3) is 0 Å². The fourth-order valence-electron chi connectivity index (χ4n) is 4.06. The van der Waals surface area contributed by atoms with E-state index in [9.17, 15) is 9.59 Å². The zero-order valence-corrected chi connectivity index (χ0v) is 15.7. The van der Waals surface area contributed by atoms with Gasteiger partial charge in [-0.15, -0.1) is 0 Å². The molecule has 0 radical (unpaired) electrons. The average Bonchev–Trinajstić information content (AvgIpc) is 3.29. The summed E-state index contributed by atoms with van der Waals surface area (Å²) in [4.78, 5) is 28.4. The first-order valence-corrected chi connectivity index (χ1v) is 9.48. The van der Waals surface area contributed by atoms with Crippen molar-refractivity contribution in [3.8, 4) is 5.75 Å². The highest BCUT2D eigenvalue weighted by Gasteiger charge is 2.36. The first kappa shape index (κ1) is 18.5. The Morgan fingerprint density at radius 3 is 2.85 bits per heavy atom. The van der Waals surface area contributed by atoms with Crippen LogP contribution < -0.4 is 10.1 Å². The minimum atomic E-state index is -0.111. The number of nitrogens with zero attached hydrogens (tertiary/aromatic N) is 2. The highest BCUT2D eigenvalue weighted by atomic mass is 16.5. The fraction of sp³-hybridized carbons (Fsp3) is 0.600. The van der Waals surface area contributed by atoms with Gasteiger partial charge in [-0.2, -0.15) is 0 Å². The molecule has 3 amide bonds. The van der Waals surface area contributed by atoms with Crippen molar-refractivity contribution < 1.29 is 14.3 Å². The number of carbonyl (C=O) groups excluding carboxylic acids is 2. The summed E-state index contributed by atoms with van der Waals surface area (Å²) in [6.45, 7) is 1.86. The van der Waals surface area contributed by atoms with E-state index in [1.807, 2.05) is 24.3 Å². The Kier molecular flexibility index (Phi) is 6.01. The van der Waals surface area contributed by atoms with Crippen LogP contribution in [0.1, 0.15) is 37.7 Å². The zero-order valence-electron chi connectivity index (χ0n) is 15.7. The molecule has 142 valence electrons. The third kappa shape index (κ3) is 4.48. The smallest absolute Gasteiger partial charge is 0.317 e. The summed E-state index contributed by atoms with van der Waals surface area (Å²) in [5, 5.41) is 2.93. The summed E-state index contributed by atoms with van der Waals surface area (Å²) in [5.41, 5.74) is 0.995. The standard InChI is InChI=1S/C20H29N3O3/c1-22(20(25)21-12-15-6-5-9-18(10-15)26-2)13-16-11-19(24)23(14-16)17-7-3-4-8-17/h5-6,9-10,16-17H,3-4,7-8,11-14H2,1-2H3,(H,21,25)/t16-/m1/s1. The monoisotopic (exact) mass is 359 g/mol. The molecule has 1 aliphatic heterocycles. The summed E-state index contributed by atoms with van der Waals surface area (Å²) in [6, 6.07) is 7.98. The van der Waals surface area contributed by atoms with Gasteiger partial charge in [-0.1, -0.05) is 25.0 Å². The molecule has 1 N–H and O–H groups in total. The second-order valence-corrected chi connectivity index (χ2v) is 7.45. The molecule has 3 rings (SSSR count). The van der Waals surface area contributed by atoms with Crippen LogP contribution in [0.4, 0.5) is 4.79 Å². The minimum Gasteiger partial charge on any atom is -0.497 e. The quantitative estimate of drug-likeness (QED) is 0.849. The van der Waals surface area contributed by atoms with Crippen molar-refractivity contribution in [2.45, 2.75) is 44.7 Å². The first-order chi connectivity index (χ1) is 12.6. The minimum absolute atomic E-state index is 0.111. The Morgan fingerprint density at radius 2 is 2.12 bits per heavy atom. The number of carbonyl (C=O) groups is 2. The molecule has 2 aliphatic rings. The van der Waals surface area contributed by atoms with Gasteiger partial charge in [-0.25, -0.2) is 4.79 Å². The van der Waals surface area contributed by atoms with Crippen molar-refractivity contribution >= 4 is 11.9 Å². The lowest BCUT2D eigenvalue weighted by molar-refractivity contribution is -0.129. The third-order valence-electron chi connectivity index (χ3n) is 5.46. The van der Waals surface area contributed by atoms with Crippen molar-refractivity contribution in [3.63, 3.8) is 0 Å². The number of amides is 3. The van der Waals surface area contributed by atoms with Gasteiger partial charge in [0, 0.05) is 45.1 Å². The lowest BCUT2D eigenvalue weighted by Crippen LogP contribution is -2.40. The molecule has 1 saturated heterocycles. The van der Waals surface area contributed by atoms with E-state index in [-0.39, 0.29) is 17.9 Å². The molecule has 6 nitrogen and oxygen atoms in total. The third-order valence-corrected chi connectivity index (χ3v) is 5.46. The predicted molar refractivity (Wildman–Crippen MR) is 99.9 cm³/mol. The molecule has 0 aromatic heterocycles. The van der Waals surface area contributed by atoms with Crippen LogP contribution in [0.3, 0.4) is 0 Å². The number of rotatable bonds is 6. The highest BCUT2D eigenvalue weighted by molar-refractivity contribution is 5.79. The van der Waals surface area contributed by atoms with E-state index in [2.05, 4.69) is 10.2 Å². The molecule has 1 atom stereocenters. The van der Waals surface area contributed by atoms with E-state index in [0.717, 1.165) is 30.7 Å². The number of benzene rings is 1. The molecule has 6 heteroatoms. The molecule has 1 aromatic rings. The number of ether oxygens (including phenoxy) is 1. The van der Waals surface area contributed by atoms with Crippen LogP contribution in [-0.2, 0) is 11.3 Å². The number of urea groups is 1. The van der Waals surface area contributed by atoms with Crippen molar-refractivity contribution in [3.05, 3.63) is 29.8 Å². The second-order valence-electron chi connectivity index (χ2n) is 7.45. The van der Waals surface area contributed by atoms with Crippen LogP contribution >= 0.6 is 0 Å². The molecule has 1 heterocycles. The van der Waals surface area contributed by atoms with Crippen molar-refractivity contribution in [2.75, 3.05) is 27.2 Å². The number of hydrogen-bond donors (Lipinski definition) is 1. The summed E-state index contributed by atoms with van der Waals surface area (Å²) in [7, 11) is 3.42. The number of nitrogens with one attached hydrogen (secondary N) is 1. The van der Waals surface area contributed by atoms with Crippen molar-refractivity contribution in [1.82, 2.24) is 15.1 Å². The molecule has 2 fully saturated rings. The Labute approximate surface area is 155 Å². The molecule has 0 unspecified atom stereocenters. The number of methoxy groups -OCH3 is 1. The number of likely N-dealkylation sites (tertiary alicyclic amines) is 1. The molecular formula is C20H29N3O3. The first-order valence-electron chi connectivity index (χ1n) is 9.48. The van der Waals surface area contributed by atoms with E-state index in [4.69, 9.17) is 4.74 Å². The van der Waals surface area contributed by atoms with Crippen molar-refractivity contribution in [2.24, 2.45) is 5.92 Å². The molecule has 26 heavy (non-hydrogen) atoms. The van der Waals surface area contributed by atoms with E-state index >= 15 is 0 Å².